The predicted molar refractivity (Wildman–Crippen MR) is 52.1 cm³/mol. The second-order valence-electron chi connectivity index (χ2n) is 4.26. The Hall–Kier alpha value is -0.530. The summed E-state index contributed by atoms with van der Waals surface area (Å²) in [6, 6.07) is 0. The highest BCUT2D eigenvalue weighted by atomic mass is 16.5. The summed E-state index contributed by atoms with van der Waals surface area (Å²) in [5.74, 6) is -0.0643. The number of carbonyl (C=O) groups is 1. The molecule has 1 unspecified atom stereocenters. The molecule has 0 aromatic rings. The van der Waals surface area contributed by atoms with Gasteiger partial charge in [-0.25, -0.2) is 0 Å². The van der Waals surface area contributed by atoms with E-state index >= 15 is 0 Å². The van der Waals surface area contributed by atoms with Crippen LogP contribution in [0, 0.1) is 17.3 Å². The van der Waals surface area contributed by atoms with E-state index in [2.05, 4.69) is 13.3 Å². The molecule has 1 radical (unpaired) electrons. The van der Waals surface area contributed by atoms with Gasteiger partial charge >= 0.3 is 5.97 Å². The molecular weight excluding hydrogens is 164 g/mol. The van der Waals surface area contributed by atoms with Crippen LogP contribution < -0.4 is 0 Å². The molecule has 0 spiro atoms. The molecule has 0 aromatic carbocycles. The smallest absolute Gasteiger partial charge is 0.312 e. The first-order chi connectivity index (χ1) is 6.00. The van der Waals surface area contributed by atoms with Crippen LogP contribution in [0.5, 0.6) is 0 Å². The van der Waals surface area contributed by atoms with E-state index in [1.165, 1.54) is 0 Å². The summed E-state index contributed by atoms with van der Waals surface area (Å²) < 4.78 is 5.08. The molecule has 2 nitrogen and oxygen atoms in total. The lowest BCUT2D eigenvalue weighted by Gasteiger charge is -2.31. The molecule has 1 aliphatic rings. The third-order valence-corrected chi connectivity index (χ3v) is 3.36. The van der Waals surface area contributed by atoms with Crippen molar-refractivity contribution in [1.82, 2.24) is 0 Å². The van der Waals surface area contributed by atoms with Crippen molar-refractivity contribution in [2.45, 2.75) is 40.5 Å². The molecule has 13 heavy (non-hydrogen) atoms. The molecule has 1 saturated carbocycles. The van der Waals surface area contributed by atoms with E-state index < -0.39 is 0 Å². The molecule has 1 atom stereocenters. The molecule has 0 heterocycles. The van der Waals surface area contributed by atoms with Crippen LogP contribution in [0.4, 0.5) is 0 Å². The van der Waals surface area contributed by atoms with E-state index in [0.29, 0.717) is 6.61 Å². The minimum absolute atomic E-state index is 0.0643. The number of hydrogen-bond acceptors (Lipinski definition) is 2. The molecule has 2 heteroatoms. The van der Waals surface area contributed by atoms with Crippen molar-refractivity contribution in [3.8, 4) is 0 Å². The highest BCUT2D eigenvalue weighted by Crippen LogP contribution is 2.60. The van der Waals surface area contributed by atoms with Crippen LogP contribution in [0.2, 0.25) is 0 Å². The maximum Gasteiger partial charge on any atom is 0.312 e. The number of hydrogen-bond donors (Lipinski definition) is 0. The second-order valence-corrected chi connectivity index (χ2v) is 4.26. The summed E-state index contributed by atoms with van der Waals surface area (Å²) in [4.78, 5) is 11.7. The molecule has 0 aliphatic heterocycles. The zero-order chi connectivity index (χ0) is 10.1. The Bertz CT molecular complexity index is 202. The maximum atomic E-state index is 11.7. The first kappa shape index (κ1) is 10.6. The van der Waals surface area contributed by atoms with Gasteiger partial charge in [-0.15, -0.1) is 0 Å². The molecule has 1 fully saturated rings. The van der Waals surface area contributed by atoms with E-state index in [9.17, 15) is 4.79 Å². The highest BCUT2D eigenvalue weighted by Gasteiger charge is 2.57. The van der Waals surface area contributed by atoms with E-state index in [-0.39, 0.29) is 16.8 Å². The first-order valence-corrected chi connectivity index (χ1v) is 5.02. The zero-order valence-electron chi connectivity index (χ0n) is 9.02. The van der Waals surface area contributed by atoms with Gasteiger partial charge in [0.15, 0.2) is 0 Å². The number of carbonyl (C=O) groups excluding carboxylic acids is 1. The topological polar surface area (TPSA) is 26.3 Å². The van der Waals surface area contributed by atoms with Gasteiger partial charge in [0.05, 0.1) is 12.0 Å². The van der Waals surface area contributed by atoms with Crippen molar-refractivity contribution in [2.24, 2.45) is 10.8 Å². The van der Waals surface area contributed by atoms with Crippen LogP contribution in [0.15, 0.2) is 0 Å². The molecule has 75 valence electrons. The molecule has 1 rings (SSSR count). The summed E-state index contributed by atoms with van der Waals surface area (Å²) in [7, 11) is 0. The van der Waals surface area contributed by atoms with Gasteiger partial charge in [0, 0.05) is 0 Å². The standard InChI is InChI=1S/C11H19O2/c1-5-11(7-8-11)10(3,4)9(12)13-6-2/h7H,5-6,8H2,1-4H3. The van der Waals surface area contributed by atoms with Crippen LogP contribution >= 0.6 is 0 Å². The lowest BCUT2D eigenvalue weighted by molar-refractivity contribution is -0.157. The molecule has 1 aliphatic carbocycles. The average Bonchev–Trinajstić information content (AvgIpc) is 2.85. The Labute approximate surface area is 80.7 Å². The van der Waals surface area contributed by atoms with Crippen molar-refractivity contribution in [2.75, 3.05) is 6.61 Å². The van der Waals surface area contributed by atoms with Crippen LogP contribution in [-0.2, 0) is 9.53 Å². The normalized spacial score (nSPS) is 19.7. The lowest BCUT2D eigenvalue weighted by Crippen LogP contribution is -2.35. The Balaban J connectivity index is 2.70. The minimum Gasteiger partial charge on any atom is -0.466 e. The highest BCUT2D eigenvalue weighted by molar-refractivity contribution is 5.78. The Morgan fingerprint density at radius 1 is 1.54 bits per heavy atom. The van der Waals surface area contributed by atoms with E-state index in [1.54, 1.807) is 0 Å². The molecular formula is C11H19O2. The predicted octanol–water partition coefficient (Wildman–Crippen LogP) is 2.58. The summed E-state index contributed by atoms with van der Waals surface area (Å²) in [6.07, 6.45) is 4.30. The van der Waals surface area contributed by atoms with Crippen molar-refractivity contribution < 1.29 is 9.53 Å². The van der Waals surface area contributed by atoms with Gasteiger partial charge in [-0.2, -0.15) is 0 Å². The third kappa shape index (κ3) is 1.59. The zero-order valence-corrected chi connectivity index (χ0v) is 9.02. The van der Waals surface area contributed by atoms with Crippen LogP contribution in [0.1, 0.15) is 40.5 Å². The third-order valence-electron chi connectivity index (χ3n) is 3.36. The first-order valence-electron chi connectivity index (χ1n) is 5.02. The Morgan fingerprint density at radius 3 is 2.38 bits per heavy atom. The van der Waals surface area contributed by atoms with Gasteiger partial charge < -0.3 is 4.74 Å². The van der Waals surface area contributed by atoms with Crippen LogP contribution in [0.3, 0.4) is 0 Å². The summed E-state index contributed by atoms with van der Waals surface area (Å²) in [6.45, 7) is 8.42. The van der Waals surface area contributed by atoms with E-state index in [4.69, 9.17) is 4.74 Å². The summed E-state index contributed by atoms with van der Waals surface area (Å²) in [5, 5.41) is 0. The van der Waals surface area contributed by atoms with Crippen molar-refractivity contribution in [1.29, 1.82) is 0 Å². The number of rotatable bonds is 4. The van der Waals surface area contributed by atoms with Crippen molar-refractivity contribution >= 4 is 5.97 Å². The van der Waals surface area contributed by atoms with Gasteiger partial charge in [-0.05, 0) is 45.4 Å². The monoisotopic (exact) mass is 183 g/mol. The van der Waals surface area contributed by atoms with Crippen LogP contribution in [-0.4, -0.2) is 12.6 Å². The summed E-state index contributed by atoms with van der Waals surface area (Å²) >= 11 is 0. The van der Waals surface area contributed by atoms with Crippen molar-refractivity contribution in [3.63, 3.8) is 0 Å². The Kier molecular flexibility index (Phi) is 2.69. The van der Waals surface area contributed by atoms with Crippen LogP contribution in [0.25, 0.3) is 0 Å². The molecule has 0 bridgehead atoms. The Morgan fingerprint density at radius 2 is 2.08 bits per heavy atom. The quantitative estimate of drug-likeness (QED) is 0.626. The molecule has 0 amide bonds. The van der Waals surface area contributed by atoms with E-state index in [0.717, 1.165) is 12.8 Å². The minimum atomic E-state index is -0.349. The number of esters is 1. The average molecular weight is 183 g/mol. The van der Waals surface area contributed by atoms with Gasteiger partial charge in [-0.1, -0.05) is 6.92 Å². The second kappa shape index (κ2) is 3.32. The largest absolute Gasteiger partial charge is 0.466 e. The van der Waals surface area contributed by atoms with Crippen molar-refractivity contribution in [3.05, 3.63) is 6.42 Å². The van der Waals surface area contributed by atoms with E-state index in [1.807, 2.05) is 20.8 Å². The molecule has 0 aromatic heterocycles. The molecule has 0 saturated heterocycles. The maximum absolute atomic E-state index is 11.7. The van der Waals surface area contributed by atoms with Gasteiger partial charge in [0.1, 0.15) is 0 Å². The van der Waals surface area contributed by atoms with Gasteiger partial charge in [0.25, 0.3) is 0 Å². The lowest BCUT2D eigenvalue weighted by atomic mass is 9.74. The van der Waals surface area contributed by atoms with Gasteiger partial charge in [-0.3, -0.25) is 4.79 Å². The fourth-order valence-electron chi connectivity index (χ4n) is 1.88. The number of ether oxygens (including phenoxy) is 1. The van der Waals surface area contributed by atoms with Gasteiger partial charge in [0.2, 0.25) is 0 Å². The summed E-state index contributed by atoms with van der Waals surface area (Å²) in [5.41, 5.74) is -0.239. The fraction of sp³-hybridized carbons (Fsp3) is 0.818. The fourth-order valence-corrected chi connectivity index (χ4v) is 1.88. The SMILES string of the molecule is CCOC(=O)C(C)(C)C1(CC)[CH]C1. The molecule has 0 N–H and O–H groups in total.